The number of carbonyl (C=O) groups is 2. The quantitative estimate of drug-likeness (QED) is 0.588. The van der Waals surface area contributed by atoms with Crippen molar-refractivity contribution >= 4 is 33.8 Å². The van der Waals surface area contributed by atoms with Gasteiger partial charge in [-0.1, -0.05) is 46.3 Å². The fourth-order valence-corrected chi connectivity index (χ4v) is 4.11. The second kappa shape index (κ2) is 10.4. The zero-order valence-electron chi connectivity index (χ0n) is 17.4. The van der Waals surface area contributed by atoms with E-state index in [9.17, 15) is 9.59 Å². The number of ether oxygens (including phenoxy) is 1. The van der Waals surface area contributed by atoms with E-state index in [1.807, 2.05) is 66.6 Å². The molecule has 0 aromatic heterocycles. The lowest BCUT2D eigenvalue weighted by Crippen LogP contribution is -2.42. The molecule has 2 amide bonds. The van der Waals surface area contributed by atoms with Gasteiger partial charge >= 0.3 is 0 Å². The Morgan fingerprint density at radius 3 is 2.53 bits per heavy atom. The van der Waals surface area contributed by atoms with Crippen molar-refractivity contribution in [1.82, 2.24) is 9.80 Å². The molecule has 1 aliphatic heterocycles. The van der Waals surface area contributed by atoms with E-state index < -0.39 is 0 Å². The first-order valence-corrected chi connectivity index (χ1v) is 10.9. The zero-order valence-corrected chi connectivity index (χ0v) is 19.0. The molecule has 0 radical (unpaired) electrons. The number of methoxy groups -OCH3 is 1. The third kappa shape index (κ3) is 5.72. The Morgan fingerprint density at radius 2 is 1.87 bits per heavy atom. The highest BCUT2D eigenvalue weighted by Gasteiger charge is 2.28. The summed E-state index contributed by atoms with van der Waals surface area (Å²) in [6.07, 6.45) is 4.81. The van der Waals surface area contributed by atoms with Crippen LogP contribution in [0, 0.1) is 5.92 Å². The molecule has 2 aromatic carbocycles. The summed E-state index contributed by atoms with van der Waals surface area (Å²) in [6.45, 7) is 1.69. The number of likely N-dealkylation sites (tertiary alicyclic amines) is 1. The van der Waals surface area contributed by atoms with E-state index in [0.717, 1.165) is 21.3 Å². The fraction of sp³-hybridized carbons (Fsp3) is 0.333. The summed E-state index contributed by atoms with van der Waals surface area (Å²) in [7, 11) is 3.45. The molecule has 3 rings (SSSR count). The Kier molecular flexibility index (Phi) is 7.69. The first-order valence-electron chi connectivity index (χ1n) is 10.1. The number of hydrogen-bond acceptors (Lipinski definition) is 3. The number of benzene rings is 2. The molecule has 6 heteroatoms. The average molecular weight is 471 g/mol. The molecule has 30 heavy (non-hydrogen) atoms. The Morgan fingerprint density at radius 1 is 1.17 bits per heavy atom. The number of rotatable bonds is 6. The lowest BCUT2D eigenvalue weighted by Gasteiger charge is -2.33. The van der Waals surface area contributed by atoms with Crippen LogP contribution in [0.25, 0.3) is 6.08 Å². The molecule has 1 fully saturated rings. The van der Waals surface area contributed by atoms with Gasteiger partial charge in [-0.25, -0.2) is 0 Å². The van der Waals surface area contributed by atoms with Gasteiger partial charge in [-0.05, 0) is 42.7 Å². The van der Waals surface area contributed by atoms with Crippen molar-refractivity contribution in [3.63, 3.8) is 0 Å². The van der Waals surface area contributed by atoms with Gasteiger partial charge in [0.25, 0.3) is 0 Å². The maximum atomic E-state index is 12.9. The van der Waals surface area contributed by atoms with Gasteiger partial charge in [0.05, 0.1) is 7.11 Å². The van der Waals surface area contributed by atoms with Gasteiger partial charge in [0.2, 0.25) is 11.8 Å². The minimum Gasteiger partial charge on any atom is -0.496 e. The summed E-state index contributed by atoms with van der Waals surface area (Å²) in [6, 6.07) is 15.6. The summed E-state index contributed by atoms with van der Waals surface area (Å²) in [5, 5.41) is 0. The van der Waals surface area contributed by atoms with E-state index in [4.69, 9.17) is 4.74 Å². The van der Waals surface area contributed by atoms with E-state index in [2.05, 4.69) is 15.9 Å². The van der Waals surface area contributed by atoms with E-state index in [0.29, 0.717) is 32.5 Å². The number of halogens is 1. The fourth-order valence-electron chi connectivity index (χ4n) is 3.70. The Bertz CT molecular complexity index is 906. The van der Waals surface area contributed by atoms with Crippen molar-refractivity contribution in [2.75, 3.05) is 27.2 Å². The van der Waals surface area contributed by atoms with Crippen molar-refractivity contribution < 1.29 is 14.3 Å². The largest absolute Gasteiger partial charge is 0.496 e. The summed E-state index contributed by atoms with van der Waals surface area (Å²) < 4.78 is 6.37. The predicted molar refractivity (Wildman–Crippen MR) is 122 cm³/mol. The van der Waals surface area contributed by atoms with Crippen molar-refractivity contribution in [2.24, 2.45) is 5.92 Å². The second-order valence-electron chi connectivity index (χ2n) is 7.49. The maximum absolute atomic E-state index is 12.9. The van der Waals surface area contributed by atoms with E-state index >= 15 is 0 Å². The van der Waals surface area contributed by atoms with E-state index in [1.165, 1.54) is 0 Å². The normalized spacial score (nSPS) is 14.7. The molecule has 158 valence electrons. The predicted octanol–water partition coefficient (Wildman–Crippen LogP) is 4.37. The van der Waals surface area contributed by atoms with Gasteiger partial charge < -0.3 is 14.5 Å². The number of hydrogen-bond donors (Lipinski definition) is 0. The third-order valence-corrected chi connectivity index (χ3v) is 5.89. The number of nitrogens with zero attached hydrogens (tertiary/aromatic N) is 2. The van der Waals surface area contributed by atoms with Gasteiger partial charge in [-0.15, -0.1) is 0 Å². The van der Waals surface area contributed by atoms with E-state index in [1.54, 1.807) is 18.1 Å². The molecule has 0 atom stereocenters. The van der Waals surface area contributed by atoms with Gasteiger partial charge in [-0.3, -0.25) is 9.59 Å². The average Bonchev–Trinajstić information content (AvgIpc) is 2.78. The molecular weight excluding hydrogens is 444 g/mol. The Balaban J connectivity index is 1.53. The smallest absolute Gasteiger partial charge is 0.246 e. The Labute approximate surface area is 186 Å². The molecule has 1 aliphatic rings. The second-order valence-corrected chi connectivity index (χ2v) is 8.41. The minimum absolute atomic E-state index is 0.00280. The van der Waals surface area contributed by atoms with Crippen molar-refractivity contribution in [3.05, 3.63) is 70.2 Å². The molecule has 0 saturated carbocycles. The molecule has 0 spiro atoms. The molecule has 0 N–H and O–H groups in total. The summed E-state index contributed by atoms with van der Waals surface area (Å²) in [5.41, 5.74) is 1.96. The van der Waals surface area contributed by atoms with Crippen LogP contribution in [-0.2, 0) is 16.1 Å². The van der Waals surface area contributed by atoms with Crippen LogP contribution in [0.3, 0.4) is 0 Å². The summed E-state index contributed by atoms with van der Waals surface area (Å²) >= 11 is 3.47. The molecule has 1 heterocycles. The van der Waals surface area contributed by atoms with Gasteiger partial charge in [-0.2, -0.15) is 0 Å². The third-order valence-electron chi connectivity index (χ3n) is 5.40. The van der Waals surface area contributed by atoms with Crippen molar-refractivity contribution in [2.45, 2.75) is 19.4 Å². The van der Waals surface area contributed by atoms with Crippen molar-refractivity contribution in [1.29, 1.82) is 0 Å². The minimum atomic E-state index is -0.0599. The van der Waals surface area contributed by atoms with Crippen LogP contribution in [0.4, 0.5) is 0 Å². The molecular formula is C24H27BrN2O3. The first kappa shape index (κ1) is 22.1. The molecule has 0 unspecified atom stereocenters. The van der Waals surface area contributed by atoms with Gasteiger partial charge in [0.1, 0.15) is 5.75 Å². The molecule has 1 saturated heterocycles. The molecule has 5 nitrogen and oxygen atoms in total. The standard InChI is InChI=1S/C24H27BrN2O3/c1-26(17-20-16-21(25)9-10-22(20)30-2)24(29)19-12-14-27(15-13-19)23(28)11-8-18-6-4-3-5-7-18/h3-11,16,19H,12-15,17H2,1-2H3/b11-8+. The van der Waals surface area contributed by atoms with Crippen LogP contribution in [0.5, 0.6) is 5.75 Å². The van der Waals surface area contributed by atoms with Crippen LogP contribution in [0.1, 0.15) is 24.0 Å². The van der Waals surface area contributed by atoms with Gasteiger partial charge in [0.15, 0.2) is 0 Å². The van der Waals surface area contributed by atoms with Crippen LogP contribution in [-0.4, -0.2) is 48.9 Å². The lowest BCUT2D eigenvalue weighted by molar-refractivity contribution is -0.138. The van der Waals surface area contributed by atoms with Crippen molar-refractivity contribution in [3.8, 4) is 5.75 Å². The molecule has 0 aliphatic carbocycles. The summed E-state index contributed by atoms with van der Waals surface area (Å²) in [5.74, 6) is 0.819. The highest BCUT2D eigenvalue weighted by molar-refractivity contribution is 9.10. The van der Waals surface area contributed by atoms with Crippen LogP contribution in [0.2, 0.25) is 0 Å². The van der Waals surface area contributed by atoms with Crippen LogP contribution < -0.4 is 4.74 Å². The van der Waals surface area contributed by atoms with Crippen LogP contribution >= 0.6 is 15.9 Å². The van der Waals surface area contributed by atoms with Crippen LogP contribution in [0.15, 0.2) is 59.1 Å². The zero-order chi connectivity index (χ0) is 21.5. The highest BCUT2D eigenvalue weighted by atomic mass is 79.9. The number of carbonyl (C=O) groups excluding carboxylic acids is 2. The monoisotopic (exact) mass is 470 g/mol. The highest BCUT2D eigenvalue weighted by Crippen LogP contribution is 2.26. The first-order chi connectivity index (χ1) is 14.5. The van der Waals surface area contributed by atoms with Gasteiger partial charge in [0, 0.05) is 48.7 Å². The SMILES string of the molecule is COc1ccc(Br)cc1CN(C)C(=O)C1CCN(C(=O)/C=C/c2ccccc2)CC1. The Hall–Kier alpha value is -2.60. The lowest BCUT2D eigenvalue weighted by atomic mass is 9.95. The topological polar surface area (TPSA) is 49.9 Å². The van der Waals surface area contributed by atoms with E-state index in [-0.39, 0.29) is 17.7 Å². The maximum Gasteiger partial charge on any atom is 0.246 e. The molecule has 0 bridgehead atoms. The number of amides is 2. The molecule has 2 aromatic rings. The number of piperidine rings is 1. The summed E-state index contributed by atoms with van der Waals surface area (Å²) in [4.78, 5) is 29.0.